The van der Waals surface area contributed by atoms with Crippen LogP contribution in [-0.2, 0) is 6.42 Å². The summed E-state index contributed by atoms with van der Waals surface area (Å²) >= 11 is 0. The summed E-state index contributed by atoms with van der Waals surface area (Å²) in [4.78, 5) is 2.71. The van der Waals surface area contributed by atoms with E-state index in [4.69, 9.17) is 0 Å². The van der Waals surface area contributed by atoms with Crippen LogP contribution in [0.5, 0.6) is 0 Å². The Balaban J connectivity index is 1.60. The van der Waals surface area contributed by atoms with Crippen molar-refractivity contribution < 1.29 is 4.39 Å². The van der Waals surface area contributed by atoms with Gasteiger partial charge in [-0.15, -0.1) is 0 Å². The standard InChI is InChI=1S/C18H27FN2/c1-2-20-16-12-17-7-4-8-18(13-16)21(17)10-9-14-5-3-6-15(19)11-14/h3,5-6,11,16-18,20H,2,4,7-10,12-13H2,1H3. The number of rotatable bonds is 5. The van der Waals surface area contributed by atoms with E-state index in [1.54, 1.807) is 6.07 Å². The molecule has 1 N–H and O–H groups in total. The van der Waals surface area contributed by atoms with Gasteiger partial charge in [-0.25, -0.2) is 4.39 Å². The van der Waals surface area contributed by atoms with Gasteiger partial charge in [0.1, 0.15) is 5.82 Å². The van der Waals surface area contributed by atoms with Gasteiger partial charge in [0.15, 0.2) is 0 Å². The van der Waals surface area contributed by atoms with E-state index in [0.717, 1.165) is 37.2 Å². The van der Waals surface area contributed by atoms with Crippen LogP contribution in [0, 0.1) is 5.82 Å². The zero-order valence-electron chi connectivity index (χ0n) is 13.0. The molecule has 2 bridgehead atoms. The highest BCUT2D eigenvalue weighted by molar-refractivity contribution is 5.16. The molecule has 1 aromatic rings. The summed E-state index contributed by atoms with van der Waals surface area (Å²) in [6.45, 7) is 4.36. The molecule has 2 unspecified atom stereocenters. The first-order valence-electron chi connectivity index (χ1n) is 8.50. The third kappa shape index (κ3) is 3.64. The Morgan fingerprint density at radius 2 is 2.00 bits per heavy atom. The number of piperidine rings is 2. The third-order valence-corrected chi connectivity index (χ3v) is 5.17. The molecule has 0 saturated carbocycles. The molecule has 1 aromatic carbocycles. The van der Waals surface area contributed by atoms with Crippen molar-refractivity contribution in [3.8, 4) is 0 Å². The van der Waals surface area contributed by atoms with Crippen LogP contribution in [0.15, 0.2) is 24.3 Å². The molecule has 0 amide bonds. The van der Waals surface area contributed by atoms with Crippen LogP contribution in [0.2, 0.25) is 0 Å². The van der Waals surface area contributed by atoms with Gasteiger partial charge in [0.25, 0.3) is 0 Å². The van der Waals surface area contributed by atoms with Gasteiger partial charge in [-0.3, -0.25) is 4.90 Å². The molecular formula is C18H27FN2. The summed E-state index contributed by atoms with van der Waals surface area (Å²) in [7, 11) is 0. The van der Waals surface area contributed by atoms with Crippen LogP contribution in [0.25, 0.3) is 0 Å². The van der Waals surface area contributed by atoms with Crippen molar-refractivity contribution in [1.29, 1.82) is 0 Å². The maximum Gasteiger partial charge on any atom is 0.123 e. The molecule has 2 atom stereocenters. The zero-order chi connectivity index (χ0) is 14.7. The molecule has 2 nitrogen and oxygen atoms in total. The van der Waals surface area contributed by atoms with Gasteiger partial charge in [0, 0.05) is 24.7 Å². The highest BCUT2D eigenvalue weighted by Crippen LogP contribution is 2.34. The molecule has 0 spiro atoms. The van der Waals surface area contributed by atoms with Gasteiger partial charge >= 0.3 is 0 Å². The topological polar surface area (TPSA) is 15.3 Å². The Kier molecular flexibility index (Phi) is 4.91. The van der Waals surface area contributed by atoms with E-state index in [1.165, 1.54) is 38.2 Å². The average molecular weight is 290 g/mol. The number of fused-ring (bicyclic) bond motifs is 2. The number of nitrogens with one attached hydrogen (secondary N) is 1. The van der Waals surface area contributed by atoms with Crippen LogP contribution in [0.1, 0.15) is 44.6 Å². The van der Waals surface area contributed by atoms with Gasteiger partial charge in [-0.05, 0) is 56.3 Å². The minimum absolute atomic E-state index is 0.112. The Labute approximate surface area is 127 Å². The van der Waals surface area contributed by atoms with E-state index in [-0.39, 0.29) is 5.82 Å². The fraction of sp³-hybridized carbons (Fsp3) is 0.667. The van der Waals surface area contributed by atoms with E-state index in [9.17, 15) is 4.39 Å². The maximum atomic E-state index is 13.3. The van der Waals surface area contributed by atoms with Crippen molar-refractivity contribution in [2.45, 2.75) is 63.6 Å². The van der Waals surface area contributed by atoms with Crippen molar-refractivity contribution in [2.75, 3.05) is 13.1 Å². The molecular weight excluding hydrogens is 263 g/mol. The highest BCUT2D eigenvalue weighted by atomic mass is 19.1. The van der Waals surface area contributed by atoms with E-state index in [1.807, 2.05) is 12.1 Å². The number of nitrogens with zero attached hydrogens (tertiary/aromatic N) is 1. The molecule has 0 radical (unpaired) electrons. The Bertz CT molecular complexity index is 448. The molecule has 2 aliphatic heterocycles. The van der Waals surface area contributed by atoms with Crippen molar-refractivity contribution in [1.82, 2.24) is 10.2 Å². The van der Waals surface area contributed by atoms with Crippen molar-refractivity contribution >= 4 is 0 Å². The highest BCUT2D eigenvalue weighted by Gasteiger charge is 2.37. The monoisotopic (exact) mass is 290 g/mol. The van der Waals surface area contributed by atoms with E-state index < -0.39 is 0 Å². The van der Waals surface area contributed by atoms with Crippen LogP contribution in [-0.4, -0.2) is 36.1 Å². The first kappa shape index (κ1) is 15.0. The summed E-state index contributed by atoms with van der Waals surface area (Å²) in [6.07, 6.45) is 7.59. The smallest absolute Gasteiger partial charge is 0.123 e. The van der Waals surface area contributed by atoms with Crippen LogP contribution >= 0.6 is 0 Å². The van der Waals surface area contributed by atoms with E-state index >= 15 is 0 Å². The number of benzene rings is 1. The van der Waals surface area contributed by atoms with E-state index in [0.29, 0.717) is 6.04 Å². The lowest BCUT2D eigenvalue weighted by molar-refractivity contribution is 0.0259. The van der Waals surface area contributed by atoms with Crippen molar-refractivity contribution in [3.63, 3.8) is 0 Å². The summed E-state index contributed by atoms with van der Waals surface area (Å²) < 4.78 is 13.3. The Hall–Kier alpha value is -0.930. The van der Waals surface area contributed by atoms with Crippen LogP contribution in [0.3, 0.4) is 0 Å². The Morgan fingerprint density at radius 3 is 2.67 bits per heavy atom. The van der Waals surface area contributed by atoms with Crippen molar-refractivity contribution in [2.24, 2.45) is 0 Å². The third-order valence-electron chi connectivity index (χ3n) is 5.17. The van der Waals surface area contributed by atoms with Gasteiger partial charge in [0.05, 0.1) is 0 Å². The normalized spacial score (nSPS) is 29.5. The van der Waals surface area contributed by atoms with E-state index in [2.05, 4.69) is 17.1 Å². The van der Waals surface area contributed by atoms with Gasteiger partial charge in [0.2, 0.25) is 0 Å². The lowest BCUT2D eigenvalue weighted by Gasteiger charge is -2.49. The average Bonchev–Trinajstić information content (AvgIpc) is 2.45. The predicted molar refractivity (Wildman–Crippen MR) is 84.9 cm³/mol. The van der Waals surface area contributed by atoms with Gasteiger partial charge in [-0.1, -0.05) is 25.5 Å². The zero-order valence-corrected chi connectivity index (χ0v) is 13.0. The van der Waals surface area contributed by atoms with Crippen molar-refractivity contribution in [3.05, 3.63) is 35.6 Å². The minimum atomic E-state index is -0.112. The molecule has 21 heavy (non-hydrogen) atoms. The predicted octanol–water partition coefficient (Wildman–Crippen LogP) is 3.36. The summed E-state index contributed by atoms with van der Waals surface area (Å²) in [5.74, 6) is -0.112. The molecule has 2 heterocycles. The molecule has 0 aliphatic carbocycles. The number of halogens is 1. The maximum absolute atomic E-state index is 13.3. The molecule has 3 rings (SSSR count). The second kappa shape index (κ2) is 6.89. The summed E-state index contributed by atoms with van der Waals surface area (Å²) in [5, 5.41) is 3.64. The van der Waals surface area contributed by atoms with Gasteiger partial charge in [-0.2, -0.15) is 0 Å². The van der Waals surface area contributed by atoms with Crippen LogP contribution in [0.4, 0.5) is 4.39 Å². The minimum Gasteiger partial charge on any atom is -0.314 e. The lowest BCUT2D eigenvalue weighted by Crippen LogP contribution is -2.56. The molecule has 0 aromatic heterocycles. The molecule has 2 fully saturated rings. The van der Waals surface area contributed by atoms with Gasteiger partial charge < -0.3 is 5.32 Å². The second-order valence-corrected chi connectivity index (χ2v) is 6.58. The second-order valence-electron chi connectivity index (χ2n) is 6.58. The Morgan fingerprint density at radius 1 is 1.24 bits per heavy atom. The molecule has 116 valence electrons. The first-order valence-corrected chi connectivity index (χ1v) is 8.50. The lowest BCUT2D eigenvalue weighted by atomic mass is 9.81. The molecule has 2 aliphatic rings. The first-order chi connectivity index (χ1) is 10.3. The number of hydrogen-bond acceptors (Lipinski definition) is 2. The molecule has 3 heteroatoms. The fourth-order valence-corrected chi connectivity index (χ4v) is 4.25. The summed E-state index contributed by atoms with van der Waals surface area (Å²) in [6, 6.07) is 9.25. The SMILES string of the molecule is CCNC1CC2CCCC(C1)N2CCc1cccc(F)c1. The number of hydrogen-bond donors (Lipinski definition) is 1. The quantitative estimate of drug-likeness (QED) is 0.894. The fourth-order valence-electron chi connectivity index (χ4n) is 4.25. The summed E-state index contributed by atoms with van der Waals surface area (Å²) in [5.41, 5.74) is 1.13. The van der Waals surface area contributed by atoms with Crippen LogP contribution < -0.4 is 5.32 Å². The largest absolute Gasteiger partial charge is 0.314 e. The molecule has 2 saturated heterocycles.